The molecule has 0 aliphatic heterocycles. The number of carbonyl (C=O) groups excluding carboxylic acids is 2. The van der Waals surface area contributed by atoms with E-state index < -0.39 is 5.54 Å². The second-order valence-corrected chi connectivity index (χ2v) is 10.0. The predicted octanol–water partition coefficient (Wildman–Crippen LogP) is 3.42. The van der Waals surface area contributed by atoms with Crippen LogP contribution in [0.4, 0.5) is 0 Å². The average Bonchev–Trinajstić information content (AvgIpc) is 2.91. The van der Waals surface area contributed by atoms with Gasteiger partial charge in [-0.05, 0) is 63.5 Å². The summed E-state index contributed by atoms with van der Waals surface area (Å²) in [5.74, 6) is 0.207. The number of amides is 2. The number of hydrogen-bond acceptors (Lipinski definition) is 3. The van der Waals surface area contributed by atoms with Crippen LogP contribution in [-0.2, 0) is 4.79 Å². The first-order chi connectivity index (χ1) is 12.4. The minimum Gasteiger partial charge on any atom is -0.350 e. The van der Waals surface area contributed by atoms with Gasteiger partial charge < -0.3 is 5.32 Å². The van der Waals surface area contributed by atoms with E-state index in [9.17, 15) is 9.59 Å². The fourth-order valence-electron chi connectivity index (χ4n) is 5.17. The normalized spacial score (nSPS) is 31.6. The topological polar surface area (TPSA) is 70.2 Å². The molecular weight excluding hydrogens is 338 g/mol. The number of nitrogens with one attached hydrogen (secondary N) is 3. The van der Waals surface area contributed by atoms with Gasteiger partial charge in [-0.1, -0.05) is 39.0 Å². The van der Waals surface area contributed by atoms with Crippen LogP contribution in [0.15, 0.2) is 30.3 Å². The second-order valence-electron chi connectivity index (χ2n) is 10.0. The van der Waals surface area contributed by atoms with Crippen LogP contribution >= 0.6 is 0 Å². The van der Waals surface area contributed by atoms with Gasteiger partial charge in [0, 0.05) is 16.5 Å². The van der Waals surface area contributed by atoms with E-state index in [1.165, 1.54) is 0 Å². The van der Waals surface area contributed by atoms with Crippen molar-refractivity contribution in [3.63, 3.8) is 0 Å². The van der Waals surface area contributed by atoms with E-state index in [-0.39, 0.29) is 28.2 Å². The maximum atomic E-state index is 13.5. The molecule has 5 nitrogen and oxygen atoms in total. The molecule has 0 unspecified atom stereocenters. The molecule has 148 valence electrons. The summed E-state index contributed by atoms with van der Waals surface area (Å²) < 4.78 is 0. The Bertz CT molecular complexity index is 738. The van der Waals surface area contributed by atoms with Gasteiger partial charge >= 0.3 is 0 Å². The molecule has 1 aromatic carbocycles. The molecule has 3 N–H and O–H groups in total. The van der Waals surface area contributed by atoms with Crippen LogP contribution < -0.4 is 16.2 Å². The summed E-state index contributed by atoms with van der Waals surface area (Å²) in [5, 5.41) is 3.16. The Morgan fingerprint density at radius 1 is 1.07 bits per heavy atom. The summed E-state index contributed by atoms with van der Waals surface area (Å²) in [4.78, 5) is 26.1. The standard InChI is InChI=1S/C22H33N3O2/c1-19(2,3)23-18(27)22(14-16-12-13-21(22,6)20(16,4)5)25-24-17(26)15-10-8-7-9-11-15/h7-11,16,25H,12-14H2,1-6H3,(H,23,27)(H,24,26)/t16-,21+,22+/m0/s1. The van der Waals surface area contributed by atoms with E-state index in [4.69, 9.17) is 0 Å². The number of fused-ring (bicyclic) bond motifs is 2. The minimum absolute atomic E-state index is 0.0205. The van der Waals surface area contributed by atoms with Crippen molar-refractivity contribution < 1.29 is 9.59 Å². The lowest BCUT2D eigenvalue weighted by molar-refractivity contribution is -0.136. The first-order valence-electron chi connectivity index (χ1n) is 9.88. The molecule has 2 saturated carbocycles. The molecule has 1 aromatic rings. The maximum absolute atomic E-state index is 13.5. The van der Waals surface area contributed by atoms with Crippen molar-refractivity contribution in [2.45, 2.75) is 71.9 Å². The zero-order valence-corrected chi connectivity index (χ0v) is 17.4. The first-order valence-corrected chi connectivity index (χ1v) is 9.88. The van der Waals surface area contributed by atoms with Crippen LogP contribution in [0.25, 0.3) is 0 Å². The third kappa shape index (κ3) is 3.06. The van der Waals surface area contributed by atoms with Gasteiger partial charge in [-0.3, -0.25) is 15.0 Å². The molecular formula is C22H33N3O2. The summed E-state index contributed by atoms with van der Waals surface area (Å²) >= 11 is 0. The summed E-state index contributed by atoms with van der Waals surface area (Å²) in [6, 6.07) is 9.08. The molecule has 0 radical (unpaired) electrons. The largest absolute Gasteiger partial charge is 0.350 e. The lowest BCUT2D eigenvalue weighted by Gasteiger charge is -2.48. The van der Waals surface area contributed by atoms with Crippen LogP contribution in [0.5, 0.6) is 0 Å². The van der Waals surface area contributed by atoms with Crippen molar-refractivity contribution in [3.05, 3.63) is 35.9 Å². The van der Waals surface area contributed by atoms with Crippen LogP contribution in [0, 0.1) is 16.7 Å². The summed E-state index contributed by atoms with van der Waals surface area (Å²) in [6.07, 6.45) is 2.83. The van der Waals surface area contributed by atoms with Gasteiger partial charge in [0.2, 0.25) is 5.91 Å². The number of hydrazine groups is 1. The second kappa shape index (κ2) is 6.33. The summed E-state index contributed by atoms with van der Waals surface area (Å²) in [6.45, 7) is 12.7. The molecule has 0 aromatic heterocycles. The van der Waals surface area contributed by atoms with E-state index in [0.29, 0.717) is 11.5 Å². The molecule has 2 bridgehead atoms. The number of hydrogen-bond donors (Lipinski definition) is 3. The van der Waals surface area contributed by atoms with E-state index in [1.54, 1.807) is 12.1 Å². The molecule has 0 spiro atoms. The molecule has 2 aliphatic rings. The van der Waals surface area contributed by atoms with Crippen LogP contribution in [0.3, 0.4) is 0 Å². The van der Waals surface area contributed by atoms with Crippen molar-refractivity contribution in [3.8, 4) is 0 Å². The molecule has 2 aliphatic carbocycles. The number of rotatable bonds is 4. The first kappa shape index (κ1) is 19.9. The van der Waals surface area contributed by atoms with Crippen LogP contribution in [0.2, 0.25) is 0 Å². The highest BCUT2D eigenvalue weighted by Gasteiger charge is 2.71. The molecule has 0 saturated heterocycles. The SMILES string of the molecule is CC(C)(C)NC(=O)[C@]1(NNC(=O)c2ccccc2)C[C@@H]2CC[C@]1(C)C2(C)C. The Morgan fingerprint density at radius 2 is 1.70 bits per heavy atom. The third-order valence-corrected chi connectivity index (χ3v) is 7.23. The van der Waals surface area contributed by atoms with Crippen LogP contribution in [0.1, 0.15) is 71.2 Å². The Morgan fingerprint density at radius 3 is 2.19 bits per heavy atom. The van der Waals surface area contributed by atoms with Gasteiger partial charge in [0.25, 0.3) is 5.91 Å². The average molecular weight is 372 g/mol. The van der Waals surface area contributed by atoms with E-state index in [2.05, 4.69) is 36.9 Å². The van der Waals surface area contributed by atoms with Crippen molar-refractivity contribution in [1.82, 2.24) is 16.2 Å². The van der Waals surface area contributed by atoms with Crippen molar-refractivity contribution in [2.24, 2.45) is 16.7 Å². The van der Waals surface area contributed by atoms with Gasteiger partial charge in [0.05, 0.1) is 0 Å². The Kier molecular flexibility index (Phi) is 4.66. The highest BCUT2D eigenvalue weighted by Crippen LogP contribution is 2.69. The maximum Gasteiger partial charge on any atom is 0.265 e. The Hall–Kier alpha value is -1.88. The summed E-state index contributed by atoms with van der Waals surface area (Å²) in [7, 11) is 0. The molecule has 2 amide bonds. The van der Waals surface area contributed by atoms with Crippen molar-refractivity contribution in [2.75, 3.05) is 0 Å². The van der Waals surface area contributed by atoms with Crippen molar-refractivity contribution >= 4 is 11.8 Å². The van der Waals surface area contributed by atoms with E-state index in [1.807, 2.05) is 39.0 Å². The minimum atomic E-state index is -0.822. The zero-order valence-electron chi connectivity index (χ0n) is 17.4. The van der Waals surface area contributed by atoms with Crippen LogP contribution in [-0.4, -0.2) is 22.9 Å². The van der Waals surface area contributed by atoms with Gasteiger partial charge in [-0.15, -0.1) is 0 Å². The summed E-state index contributed by atoms with van der Waals surface area (Å²) in [5.41, 5.74) is 5.27. The Labute approximate surface area is 162 Å². The van der Waals surface area contributed by atoms with Crippen molar-refractivity contribution in [1.29, 1.82) is 0 Å². The molecule has 0 heterocycles. The molecule has 2 fully saturated rings. The zero-order chi connectivity index (χ0) is 20.1. The number of carbonyl (C=O) groups is 2. The van der Waals surface area contributed by atoms with Gasteiger partial charge in [0.15, 0.2) is 0 Å². The highest BCUT2D eigenvalue weighted by atomic mass is 16.2. The lowest BCUT2D eigenvalue weighted by Crippen LogP contribution is -2.70. The third-order valence-electron chi connectivity index (χ3n) is 7.23. The number of benzene rings is 1. The van der Waals surface area contributed by atoms with Gasteiger partial charge in [0.1, 0.15) is 5.54 Å². The predicted molar refractivity (Wildman–Crippen MR) is 107 cm³/mol. The lowest BCUT2D eigenvalue weighted by atomic mass is 9.62. The Balaban J connectivity index is 1.90. The molecule has 5 heteroatoms. The monoisotopic (exact) mass is 371 g/mol. The molecule has 3 atom stereocenters. The van der Waals surface area contributed by atoms with Gasteiger partial charge in [-0.2, -0.15) is 0 Å². The molecule has 27 heavy (non-hydrogen) atoms. The fourth-order valence-corrected chi connectivity index (χ4v) is 5.17. The molecule has 3 rings (SSSR count). The highest BCUT2D eigenvalue weighted by molar-refractivity contribution is 5.95. The fraction of sp³-hybridized carbons (Fsp3) is 0.636. The van der Waals surface area contributed by atoms with E-state index in [0.717, 1.165) is 19.3 Å². The van der Waals surface area contributed by atoms with E-state index >= 15 is 0 Å². The quantitative estimate of drug-likeness (QED) is 0.710. The van der Waals surface area contributed by atoms with Gasteiger partial charge in [-0.25, -0.2) is 5.43 Å². The smallest absolute Gasteiger partial charge is 0.265 e.